The van der Waals surface area contributed by atoms with Crippen LogP contribution < -0.4 is 0 Å². The molecule has 1 N–H and O–H groups in total. The lowest BCUT2D eigenvalue weighted by Crippen LogP contribution is -2.07. The molecule has 2 aliphatic rings. The van der Waals surface area contributed by atoms with E-state index in [2.05, 4.69) is 35.4 Å². The molecule has 1 heterocycles. The Morgan fingerprint density at radius 2 is 2.06 bits per heavy atom. The maximum absolute atomic E-state index is 3.42. The van der Waals surface area contributed by atoms with Gasteiger partial charge >= 0.3 is 0 Å². The molecule has 3 atom stereocenters. The van der Waals surface area contributed by atoms with Gasteiger partial charge in [-0.05, 0) is 48.6 Å². The number of para-hydroxylation sites is 1. The molecule has 2 fully saturated rings. The zero-order valence-corrected chi connectivity index (χ0v) is 9.37. The molecule has 1 radical (unpaired) electrons. The third-order valence-electron chi connectivity index (χ3n) is 4.66. The van der Waals surface area contributed by atoms with Crippen LogP contribution in [0.3, 0.4) is 0 Å². The highest BCUT2D eigenvalue weighted by Crippen LogP contribution is 2.53. The van der Waals surface area contributed by atoms with Crippen LogP contribution in [-0.2, 0) is 0 Å². The van der Waals surface area contributed by atoms with E-state index >= 15 is 0 Å². The van der Waals surface area contributed by atoms with Crippen LogP contribution in [0, 0.1) is 18.0 Å². The summed E-state index contributed by atoms with van der Waals surface area (Å²) in [7, 11) is 0. The molecule has 2 saturated carbocycles. The molecule has 1 nitrogen and oxygen atoms in total. The van der Waals surface area contributed by atoms with Crippen LogP contribution in [0.5, 0.6) is 0 Å². The maximum atomic E-state index is 3.42. The highest BCUT2D eigenvalue weighted by atomic mass is 14.7. The van der Waals surface area contributed by atoms with Gasteiger partial charge in [0.25, 0.3) is 0 Å². The fourth-order valence-corrected chi connectivity index (χ4v) is 3.92. The quantitative estimate of drug-likeness (QED) is 0.735. The molecule has 0 amide bonds. The van der Waals surface area contributed by atoms with E-state index in [-0.39, 0.29) is 0 Å². The maximum Gasteiger partial charge on any atom is 0.0669 e. The molecular weight excluding hydrogens is 194 g/mol. The number of hydrogen-bond donors (Lipinski definition) is 1. The second-order valence-electron chi connectivity index (χ2n) is 5.49. The number of nitrogens with one attached hydrogen (secondary N) is 1. The molecule has 0 spiro atoms. The summed E-state index contributed by atoms with van der Waals surface area (Å²) < 4.78 is 0. The largest absolute Gasteiger partial charge is 0.353 e. The first kappa shape index (κ1) is 8.86. The van der Waals surface area contributed by atoms with Gasteiger partial charge in [-0.25, -0.2) is 0 Å². The number of aromatic amines is 1. The van der Waals surface area contributed by atoms with Crippen molar-refractivity contribution in [1.29, 1.82) is 0 Å². The molecule has 1 aromatic carbocycles. The Balaban J connectivity index is 1.82. The fourth-order valence-electron chi connectivity index (χ4n) is 3.92. The zero-order chi connectivity index (χ0) is 10.5. The van der Waals surface area contributed by atoms with E-state index in [0.29, 0.717) is 0 Å². The first-order chi connectivity index (χ1) is 7.92. The third-order valence-corrected chi connectivity index (χ3v) is 4.66. The smallest absolute Gasteiger partial charge is 0.0669 e. The highest BCUT2D eigenvalue weighted by Gasteiger charge is 2.40. The van der Waals surface area contributed by atoms with Crippen molar-refractivity contribution in [2.24, 2.45) is 11.8 Å². The van der Waals surface area contributed by atoms with E-state index in [1.54, 1.807) is 0 Å². The predicted octanol–water partition coefficient (Wildman–Crippen LogP) is 3.87. The van der Waals surface area contributed by atoms with Gasteiger partial charge in [0, 0.05) is 10.9 Å². The second-order valence-corrected chi connectivity index (χ2v) is 5.49. The summed E-state index contributed by atoms with van der Waals surface area (Å²) in [5.74, 6) is 2.74. The van der Waals surface area contributed by atoms with Crippen molar-refractivity contribution < 1.29 is 0 Å². The number of hydrogen-bond acceptors (Lipinski definition) is 0. The summed E-state index contributed by atoms with van der Waals surface area (Å²) in [6, 6.07) is 8.63. The van der Waals surface area contributed by atoms with E-state index in [1.165, 1.54) is 42.1 Å². The van der Waals surface area contributed by atoms with Gasteiger partial charge in [-0.15, -0.1) is 0 Å². The molecule has 1 heteroatoms. The highest BCUT2D eigenvalue weighted by molar-refractivity contribution is 5.83. The van der Waals surface area contributed by atoms with Crippen LogP contribution in [0.15, 0.2) is 24.3 Å². The lowest BCUT2D eigenvalue weighted by atomic mass is 9.83. The van der Waals surface area contributed by atoms with Crippen LogP contribution in [-0.4, -0.2) is 4.98 Å². The summed E-state index contributed by atoms with van der Waals surface area (Å²) in [5.41, 5.74) is 2.71. The molecule has 2 aromatic rings. The second kappa shape index (κ2) is 3.13. The van der Waals surface area contributed by atoms with E-state index in [1.807, 2.05) is 0 Å². The van der Waals surface area contributed by atoms with Crippen molar-refractivity contribution in [1.82, 2.24) is 4.98 Å². The van der Waals surface area contributed by atoms with Crippen LogP contribution in [0.4, 0.5) is 0 Å². The van der Waals surface area contributed by atoms with E-state index in [4.69, 9.17) is 0 Å². The van der Waals surface area contributed by atoms with Crippen molar-refractivity contribution in [2.45, 2.75) is 31.6 Å². The molecule has 0 aliphatic heterocycles. The number of benzene rings is 1. The van der Waals surface area contributed by atoms with Gasteiger partial charge in [-0.1, -0.05) is 24.6 Å². The molecule has 1 aromatic heterocycles. The average molecular weight is 210 g/mol. The Labute approximate surface area is 95.9 Å². The van der Waals surface area contributed by atoms with Gasteiger partial charge in [-0.3, -0.25) is 0 Å². The lowest BCUT2D eigenvalue weighted by Gasteiger charge is -2.20. The lowest BCUT2D eigenvalue weighted by molar-refractivity contribution is 0.421. The number of H-pyrrole nitrogens is 1. The molecule has 81 valence electrons. The summed E-state index contributed by atoms with van der Waals surface area (Å²) in [6.45, 7) is 0. The number of rotatable bonds is 1. The zero-order valence-electron chi connectivity index (χ0n) is 9.37. The summed E-state index contributed by atoms with van der Waals surface area (Å²) in [6.07, 6.45) is 9.21. The van der Waals surface area contributed by atoms with Gasteiger partial charge in [0.15, 0.2) is 0 Å². The summed E-state index contributed by atoms with van der Waals surface area (Å²) in [4.78, 5) is 3.30. The molecule has 0 saturated heterocycles. The van der Waals surface area contributed by atoms with Crippen molar-refractivity contribution >= 4 is 10.9 Å². The summed E-state index contributed by atoms with van der Waals surface area (Å²) in [5, 5.41) is 1.40. The molecule has 3 unspecified atom stereocenters. The fraction of sp³-hybridized carbons (Fsp3) is 0.467. The van der Waals surface area contributed by atoms with Crippen LogP contribution in [0.25, 0.3) is 10.9 Å². The Morgan fingerprint density at radius 1 is 1.12 bits per heavy atom. The van der Waals surface area contributed by atoms with Gasteiger partial charge in [0.2, 0.25) is 0 Å². The van der Waals surface area contributed by atoms with Crippen molar-refractivity contribution in [3.05, 3.63) is 36.0 Å². The standard InChI is InChI=1S/C15H16N/c1-2-4-15-12(3-1)14(9-16-15)13-8-10-5-6-11(13)7-10/h1-4,10-11,13,16H,5-8H2. The Kier molecular flexibility index (Phi) is 1.73. The first-order valence-electron chi connectivity index (χ1n) is 6.40. The Hall–Kier alpha value is -1.24. The van der Waals surface area contributed by atoms with Crippen LogP contribution in [0.1, 0.15) is 37.2 Å². The predicted molar refractivity (Wildman–Crippen MR) is 65.3 cm³/mol. The van der Waals surface area contributed by atoms with E-state index < -0.39 is 0 Å². The number of aromatic nitrogens is 1. The molecule has 4 rings (SSSR count). The molecular formula is C15H16N. The molecule has 2 bridgehead atoms. The van der Waals surface area contributed by atoms with Crippen molar-refractivity contribution in [3.8, 4) is 0 Å². The minimum absolute atomic E-state index is 0.787. The van der Waals surface area contributed by atoms with Gasteiger partial charge in [0.05, 0.1) is 6.20 Å². The topological polar surface area (TPSA) is 15.8 Å². The number of fused-ring (bicyclic) bond motifs is 3. The monoisotopic (exact) mass is 210 g/mol. The minimum Gasteiger partial charge on any atom is -0.353 e. The normalized spacial score (nSPS) is 32.6. The van der Waals surface area contributed by atoms with Crippen molar-refractivity contribution in [3.63, 3.8) is 0 Å². The molecule has 2 aliphatic carbocycles. The van der Waals surface area contributed by atoms with Crippen LogP contribution >= 0.6 is 0 Å². The van der Waals surface area contributed by atoms with E-state index in [0.717, 1.165) is 17.8 Å². The Bertz CT molecular complexity index is 525. The summed E-state index contributed by atoms with van der Waals surface area (Å²) >= 11 is 0. The SMILES string of the molecule is [c]1[nH]c2ccccc2c1C1CC2CCC1C2. The van der Waals surface area contributed by atoms with Gasteiger partial charge in [-0.2, -0.15) is 0 Å². The molecule has 16 heavy (non-hydrogen) atoms. The van der Waals surface area contributed by atoms with Crippen molar-refractivity contribution in [2.75, 3.05) is 0 Å². The van der Waals surface area contributed by atoms with Gasteiger partial charge in [0.1, 0.15) is 0 Å². The minimum atomic E-state index is 0.787. The average Bonchev–Trinajstić information content (AvgIpc) is 3.03. The first-order valence-corrected chi connectivity index (χ1v) is 6.40. The Morgan fingerprint density at radius 3 is 2.88 bits per heavy atom. The third kappa shape index (κ3) is 1.12. The van der Waals surface area contributed by atoms with Gasteiger partial charge < -0.3 is 4.98 Å². The van der Waals surface area contributed by atoms with Crippen LogP contribution in [0.2, 0.25) is 0 Å². The van der Waals surface area contributed by atoms with E-state index in [9.17, 15) is 0 Å².